The summed E-state index contributed by atoms with van der Waals surface area (Å²) in [6, 6.07) is 8.23. The maximum absolute atomic E-state index is 13.8. The van der Waals surface area contributed by atoms with Crippen molar-refractivity contribution in [2.45, 2.75) is 0 Å². The van der Waals surface area contributed by atoms with E-state index in [9.17, 15) is 19.1 Å². The third-order valence-electron chi connectivity index (χ3n) is 3.61. The first-order chi connectivity index (χ1) is 12.0. The molecule has 0 saturated carbocycles. The summed E-state index contributed by atoms with van der Waals surface area (Å²) in [7, 11) is 0. The molecule has 0 fully saturated rings. The van der Waals surface area contributed by atoms with Gasteiger partial charge in [-0.3, -0.25) is 9.36 Å². The number of pyridine rings is 2. The highest BCUT2D eigenvalue weighted by Gasteiger charge is 2.19. The van der Waals surface area contributed by atoms with Gasteiger partial charge in [0.1, 0.15) is 5.56 Å². The number of fused-ring (bicyclic) bond motifs is 2. The lowest BCUT2D eigenvalue weighted by atomic mass is 10.2. The number of hydrogen-bond donors (Lipinski definition) is 1. The Kier molecular flexibility index (Phi) is 3.52. The fraction of sp³-hybridized carbons (Fsp3) is 0. The van der Waals surface area contributed by atoms with Gasteiger partial charge in [-0.25, -0.2) is 19.2 Å². The Labute approximate surface area is 147 Å². The van der Waals surface area contributed by atoms with Gasteiger partial charge in [-0.1, -0.05) is 35.1 Å². The van der Waals surface area contributed by atoms with Gasteiger partial charge in [-0.05, 0) is 18.2 Å². The second-order valence-electron chi connectivity index (χ2n) is 5.14. The molecule has 0 unspecified atom stereocenters. The predicted molar refractivity (Wildman–Crippen MR) is 92.4 cm³/mol. The summed E-state index contributed by atoms with van der Waals surface area (Å²) in [5.74, 6) is -2.32. The number of benzene rings is 1. The average molecular weight is 376 g/mol. The molecule has 0 bridgehead atoms. The van der Waals surface area contributed by atoms with Gasteiger partial charge >= 0.3 is 5.97 Å². The van der Waals surface area contributed by atoms with Crippen molar-refractivity contribution in [1.82, 2.24) is 14.5 Å². The van der Waals surface area contributed by atoms with E-state index >= 15 is 0 Å². The molecule has 0 saturated heterocycles. The van der Waals surface area contributed by atoms with E-state index in [4.69, 9.17) is 11.6 Å². The summed E-state index contributed by atoms with van der Waals surface area (Å²) in [5, 5.41) is 9.09. The second kappa shape index (κ2) is 5.61. The van der Waals surface area contributed by atoms with Gasteiger partial charge in [0, 0.05) is 6.20 Å². The molecular weight excluding hydrogens is 369 g/mol. The lowest BCUT2D eigenvalue weighted by Gasteiger charge is -2.09. The van der Waals surface area contributed by atoms with Crippen LogP contribution in [-0.2, 0) is 0 Å². The minimum absolute atomic E-state index is 0.0421. The Balaban J connectivity index is 2.14. The SMILES string of the molecule is O=C(O)c1cn(-c2nc3ccccc3s2)c2nc(Cl)c(F)cc2c1=O. The molecule has 0 amide bonds. The van der Waals surface area contributed by atoms with Gasteiger partial charge in [-0.15, -0.1) is 0 Å². The van der Waals surface area contributed by atoms with Crippen molar-refractivity contribution < 1.29 is 14.3 Å². The topological polar surface area (TPSA) is 85.1 Å². The lowest BCUT2D eigenvalue weighted by molar-refractivity contribution is 0.0695. The minimum Gasteiger partial charge on any atom is -0.477 e. The van der Waals surface area contributed by atoms with Crippen LogP contribution in [0.4, 0.5) is 4.39 Å². The Morgan fingerprint density at radius 3 is 2.76 bits per heavy atom. The predicted octanol–water partition coefficient (Wildman–Crippen LogP) is 3.49. The normalized spacial score (nSPS) is 11.3. The molecule has 6 nitrogen and oxygen atoms in total. The van der Waals surface area contributed by atoms with E-state index < -0.39 is 27.9 Å². The molecule has 4 aromatic rings. The van der Waals surface area contributed by atoms with Gasteiger partial charge in [-0.2, -0.15) is 0 Å². The standard InChI is InChI=1S/C16H7ClFN3O3S/c17-13-9(18)5-7-12(22)8(15(23)24)6-21(14(7)20-13)16-19-10-3-1-2-4-11(10)25-16/h1-6H,(H,23,24). The largest absolute Gasteiger partial charge is 0.477 e. The van der Waals surface area contributed by atoms with E-state index in [1.165, 1.54) is 15.9 Å². The molecule has 9 heteroatoms. The summed E-state index contributed by atoms with van der Waals surface area (Å²) in [5.41, 5.74) is -0.585. The smallest absolute Gasteiger partial charge is 0.341 e. The van der Waals surface area contributed by atoms with E-state index in [1.54, 1.807) is 6.07 Å². The molecular formula is C16H7ClFN3O3S. The molecule has 0 aliphatic heterocycles. The Hall–Kier alpha value is -2.84. The first kappa shape index (κ1) is 15.7. The van der Waals surface area contributed by atoms with Gasteiger partial charge in [0.25, 0.3) is 0 Å². The zero-order chi connectivity index (χ0) is 17.7. The third-order valence-corrected chi connectivity index (χ3v) is 4.91. The molecule has 3 heterocycles. The van der Waals surface area contributed by atoms with E-state index in [2.05, 4.69) is 9.97 Å². The van der Waals surface area contributed by atoms with E-state index in [0.717, 1.165) is 17.0 Å². The van der Waals surface area contributed by atoms with Crippen LogP contribution in [0.25, 0.3) is 26.4 Å². The highest BCUT2D eigenvalue weighted by molar-refractivity contribution is 7.20. The highest BCUT2D eigenvalue weighted by atomic mass is 35.5. The van der Waals surface area contributed by atoms with Crippen molar-refractivity contribution in [3.8, 4) is 5.13 Å². The van der Waals surface area contributed by atoms with Crippen LogP contribution in [0.15, 0.2) is 41.3 Å². The van der Waals surface area contributed by atoms with Crippen molar-refractivity contribution in [2.24, 2.45) is 0 Å². The van der Waals surface area contributed by atoms with Crippen molar-refractivity contribution in [3.63, 3.8) is 0 Å². The maximum atomic E-state index is 13.8. The fourth-order valence-corrected chi connectivity index (χ4v) is 3.54. The van der Waals surface area contributed by atoms with Crippen LogP contribution in [0.3, 0.4) is 0 Å². The Morgan fingerprint density at radius 1 is 1.28 bits per heavy atom. The van der Waals surface area contributed by atoms with Crippen LogP contribution in [0.2, 0.25) is 5.15 Å². The summed E-state index contributed by atoms with van der Waals surface area (Å²) in [6.07, 6.45) is 1.13. The zero-order valence-electron chi connectivity index (χ0n) is 12.2. The number of para-hydroxylation sites is 1. The highest BCUT2D eigenvalue weighted by Crippen LogP contribution is 2.27. The molecule has 0 aliphatic carbocycles. The molecule has 1 N–H and O–H groups in total. The molecule has 3 aromatic heterocycles. The van der Waals surface area contributed by atoms with E-state index in [1.807, 2.05) is 18.2 Å². The zero-order valence-corrected chi connectivity index (χ0v) is 13.8. The molecule has 25 heavy (non-hydrogen) atoms. The van der Waals surface area contributed by atoms with Crippen LogP contribution in [0.5, 0.6) is 0 Å². The molecule has 0 atom stereocenters. The minimum atomic E-state index is -1.42. The Bertz CT molecular complexity index is 1200. The number of aromatic nitrogens is 3. The third kappa shape index (κ3) is 2.46. The summed E-state index contributed by atoms with van der Waals surface area (Å²) in [4.78, 5) is 32.1. The van der Waals surface area contributed by atoms with Crippen LogP contribution in [-0.4, -0.2) is 25.6 Å². The number of halogens is 2. The summed E-state index contributed by atoms with van der Waals surface area (Å²) in [6.45, 7) is 0. The molecule has 0 aliphatic rings. The van der Waals surface area contributed by atoms with Crippen LogP contribution >= 0.6 is 22.9 Å². The van der Waals surface area contributed by atoms with Crippen molar-refractivity contribution in [2.75, 3.05) is 0 Å². The number of aromatic carboxylic acids is 1. The maximum Gasteiger partial charge on any atom is 0.341 e. The molecule has 0 spiro atoms. The number of hydrogen-bond acceptors (Lipinski definition) is 5. The number of thiazole rings is 1. The van der Waals surface area contributed by atoms with Crippen LogP contribution in [0, 0.1) is 5.82 Å². The van der Waals surface area contributed by atoms with Crippen molar-refractivity contribution in [1.29, 1.82) is 0 Å². The average Bonchev–Trinajstić information content (AvgIpc) is 3.00. The lowest BCUT2D eigenvalue weighted by Crippen LogP contribution is -2.19. The van der Waals surface area contributed by atoms with Crippen LogP contribution in [0.1, 0.15) is 10.4 Å². The molecule has 1 aromatic carbocycles. The first-order valence-corrected chi connectivity index (χ1v) is 8.16. The fourth-order valence-electron chi connectivity index (χ4n) is 2.46. The second-order valence-corrected chi connectivity index (χ2v) is 6.51. The van der Waals surface area contributed by atoms with Gasteiger partial charge in [0.15, 0.2) is 21.7 Å². The van der Waals surface area contributed by atoms with Gasteiger partial charge in [0.05, 0.1) is 15.6 Å². The van der Waals surface area contributed by atoms with Crippen LogP contribution < -0.4 is 5.43 Å². The quantitative estimate of drug-likeness (QED) is 0.542. The molecule has 124 valence electrons. The number of carboxylic acids is 1. The number of carboxylic acid groups (broad SMARTS) is 1. The molecule has 0 radical (unpaired) electrons. The van der Waals surface area contributed by atoms with E-state index in [-0.39, 0.29) is 11.0 Å². The van der Waals surface area contributed by atoms with Crippen molar-refractivity contribution >= 4 is 50.2 Å². The van der Waals surface area contributed by atoms with Crippen molar-refractivity contribution in [3.05, 3.63) is 63.3 Å². The monoisotopic (exact) mass is 375 g/mol. The Morgan fingerprint density at radius 2 is 2.04 bits per heavy atom. The summed E-state index contributed by atoms with van der Waals surface area (Å²) >= 11 is 7.03. The number of carbonyl (C=O) groups is 1. The van der Waals surface area contributed by atoms with Gasteiger partial charge in [0.2, 0.25) is 5.43 Å². The number of nitrogens with zero attached hydrogens (tertiary/aromatic N) is 3. The first-order valence-electron chi connectivity index (χ1n) is 6.96. The van der Waals surface area contributed by atoms with E-state index in [0.29, 0.717) is 10.6 Å². The molecule has 4 rings (SSSR count). The van der Waals surface area contributed by atoms with Gasteiger partial charge < -0.3 is 5.11 Å². The summed E-state index contributed by atoms with van der Waals surface area (Å²) < 4.78 is 16.0. The number of rotatable bonds is 2.